The molecular formula is C33H37F2N5O. The van der Waals surface area contributed by atoms with Crippen LogP contribution in [0.1, 0.15) is 41.5 Å². The first-order valence-electron chi connectivity index (χ1n) is 14.4. The Labute approximate surface area is 240 Å². The highest BCUT2D eigenvalue weighted by atomic mass is 19.1. The second-order valence-corrected chi connectivity index (χ2v) is 12.0. The van der Waals surface area contributed by atoms with E-state index in [1.165, 1.54) is 35.8 Å². The summed E-state index contributed by atoms with van der Waals surface area (Å²) in [5.41, 5.74) is 3.45. The average Bonchev–Trinajstić information content (AvgIpc) is 3.60. The summed E-state index contributed by atoms with van der Waals surface area (Å²) in [4.78, 5) is 8.77. The molecule has 2 aliphatic rings. The highest BCUT2D eigenvalue weighted by molar-refractivity contribution is 5.48. The molecule has 0 radical (unpaired) electrons. The van der Waals surface area contributed by atoms with Crippen molar-refractivity contribution < 1.29 is 13.9 Å². The van der Waals surface area contributed by atoms with Gasteiger partial charge in [-0.15, -0.1) is 0 Å². The summed E-state index contributed by atoms with van der Waals surface area (Å²) < 4.78 is 29.9. The molecule has 0 saturated carbocycles. The zero-order valence-corrected chi connectivity index (χ0v) is 23.5. The molecule has 1 atom stereocenters. The molecule has 6 nitrogen and oxygen atoms in total. The van der Waals surface area contributed by atoms with Crippen LogP contribution in [0.3, 0.4) is 0 Å². The van der Waals surface area contributed by atoms with Gasteiger partial charge in [0.2, 0.25) is 0 Å². The van der Waals surface area contributed by atoms with Gasteiger partial charge in [-0.25, -0.2) is 18.4 Å². The standard InChI is InChI=1S/C33H37F2N5O/c1-25-2-11-30(31(35)18-25)33(41,22-40-24-36-23-37-40)21-38-15-12-32(20-38)13-16-39(17-14-32)29-9-5-27(6-10-29)19-26-3-7-28(34)8-4-26/h2-11,18,23-24,41H,12-17,19-22H2,1H3. The van der Waals surface area contributed by atoms with Gasteiger partial charge in [-0.3, -0.25) is 4.90 Å². The lowest BCUT2D eigenvalue weighted by Crippen LogP contribution is -2.46. The fourth-order valence-corrected chi connectivity index (χ4v) is 6.64. The summed E-state index contributed by atoms with van der Waals surface area (Å²) in [5.74, 6) is -0.599. The summed E-state index contributed by atoms with van der Waals surface area (Å²) in [5, 5.41) is 16.1. The summed E-state index contributed by atoms with van der Waals surface area (Å²) in [6, 6.07) is 20.5. The van der Waals surface area contributed by atoms with Crippen molar-refractivity contribution in [2.75, 3.05) is 37.6 Å². The first kappa shape index (κ1) is 27.5. The van der Waals surface area contributed by atoms with E-state index in [-0.39, 0.29) is 17.8 Å². The van der Waals surface area contributed by atoms with Gasteiger partial charge in [0.25, 0.3) is 0 Å². The number of benzene rings is 3. The van der Waals surface area contributed by atoms with Crippen molar-refractivity contribution in [1.82, 2.24) is 19.7 Å². The predicted octanol–water partition coefficient (Wildman–Crippen LogP) is 5.34. The second-order valence-electron chi connectivity index (χ2n) is 12.0. The summed E-state index contributed by atoms with van der Waals surface area (Å²) in [6.45, 7) is 6.08. The maximum Gasteiger partial charge on any atom is 0.137 e. The van der Waals surface area contributed by atoms with Crippen LogP contribution < -0.4 is 4.90 Å². The van der Waals surface area contributed by atoms with Crippen LogP contribution in [0, 0.1) is 24.0 Å². The van der Waals surface area contributed by atoms with Crippen molar-refractivity contribution in [3.05, 3.63) is 113 Å². The molecular weight excluding hydrogens is 520 g/mol. The summed E-state index contributed by atoms with van der Waals surface area (Å²) in [6.07, 6.45) is 7.03. The van der Waals surface area contributed by atoms with Gasteiger partial charge in [-0.2, -0.15) is 5.10 Å². The van der Waals surface area contributed by atoms with E-state index < -0.39 is 11.4 Å². The SMILES string of the molecule is Cc1ccc(C(O)(CN2CCC3(CCN(c4ccc(Cc5ccc(F)cc5)cc4)CC3)C2)Cn2cncn2)c(F)c1. The number of aliphatic hydroxyl groups is 1. The minimum Gasteiger partial charge on any atom is -0.382 e. The van der Waals surface area contributed by atoms with Crippen LogP contribution in [0.4, 0.5) is 14.5 Å². The van der Waals surface area contributed by atoms with Crippen molar-refractivity contribution >= 4 is 5.69 Å². The van der Waals surface area contributed by atoms with Crippen LogP contribution in [0.2, 0.25) is 0 Å². The van der Waals surface area contributed by atoms with Gasteiger partial charge < -0.3 is 10.0 Å². The molecule has 8 heteroatoms. The van der Waals surface area contributed by atoms with E-state index in [4.69, 9.17) is 0 Å². The zero-order valence-electron chi connectivity index (χ0n) is 23.5. The average molecular weight is 558 g/mol. The highest BCUT2D eigenvalue weighted by Gasteiger charge is 2.44. The van der Waals surface area contributed by atoms with E-state index in [1.54, 1.807) is 17.1 Å². The molecule has 1 spiro atoms. The monoisotopic (exact) mass is 557 g/mol. The number of anilines is 1. The minimum absolute atomic E-state index is 0.140. The van der Waals surface area contributed by atoms with Gasteiger partial charge in [-0.1, -0.05) is 36.4 Å². The van der Waals surface area contributed by atoms with Gasteiger partial charge in [0.05, 0.1) is 6.54 Å². The summed E-state index contributed by atoms with van der Waals surface area (Å²) >= 11 is 0. The number of piperidine rings is 1. The number of rotatable bonds is 8. The number of likely N-dealkylation sites (tertiary alicyclic amines) is 1. The third-order valence-electron chi connectivity index (χ3n) is 8.97. The van der Waals surface area contributed by atoms with Crippen LogP contribution in [0.5, 0.6) is 0 Å². The predicted molar refractivity (Wildman–Crippen MR) is 156 cm³/mol. The molecule has 0 amide bonds. The number of halogens is 2. The Morgan fingerprint density at radius 1 is 0.878 bits per heavy atom. The van der Waals surface area contributed by atoms with E-state index in [2.05, 4.69) is 44.1 Å². The first-order chi connectivity index (χ1) is 19.8. The van der Waals surface area contributed by atoms with E-state index in [9.17, 15) is 9.50 Å². The molecule has 214 valence electrons. The smallest absolute Gasteiger partial charge is 0.137 e. The lowest BCUT2D eigenvalue weighted by molar-refractivity contribution is -0.0191. The molecule has 2 saturated heterocycles. The maximum absolute atomic E-state index is 15.1. The number of aromatic nitrogens is 3. The normalized spacial score (nSPS) is 18.6. The number of hydrogen-bond acceptors (Lipinski definition) is 5. The highest BCUT2D eigenvalue weighted by Crippen LogP contribution is 2.42. The second kappa shape index (κ2) is 11.3. The lowest BCUT2D eigenvalue weighted by Gasteiger charge is -2.41. The van der Waals surface area contributed by atoms with E-state index >= 15 is 4.39 Å². The fraction of sp³-hybridized carbons (Fsp3) is 0.394. The molecule has 4 aromatic rings. The third-order valence-corrected chi connectivity index (χ3v) is 8.97. The molecule has 1 N–H and O–H groups in total. The fourth-order valence-electron chi connectivity index (χ4n) is 6.64. The first-order valence-corrected chi connectivity index (χ1v) is 14.4. The lowest BCUT2D eigenvalue weighted by atomic mass is 9.77. The Morgan fingerprint density at radius 3 is 2.22 bits per heavy atom. The van der Waals surface area contributed by atoms with Crippen molar-refractivity contribution in [1.29, 1.82) is 0 Å². The Balaban J connectivity index is 1.08. The molecule has 3 aromatic carbocycles. The Hall–Kier alpha value is -3.62. The Kier molecular flexibility index (Phi) is 7.62. The number of nitrogens with zero attached hydrogens (tertiary/aromatic N) is 5. The number of hydrogen-bond donors (Lipinski definition) is 1. The van der Waals surface area contributed by atoms with E-state index in [0.717, 1.165) is 63.0 Å². The Morgan fingerprint density at radius 2 is 1.56 bits per heavy atom. The molecule has 6 rings (SSSR count). The molecule has 2 aliphatic heterocycles. The number of aryl methyl sites for hydroxylation is 1. The van der Waals surface area contributed by atoms with Crippen molar-refractivity contribution in [3.8, 4) is 0 Å². The van der Waals surface area contributed by atoms with Crippen LogP contribution >= 0.6 is 0 Å². The van der Waals surface area contributed by atoms with Crippen LogP contribution in [0.25, 0.3) is 0 Å². The summed E-state index contributed by atoms with van der Waals surface area (Å²) in [7, 11) is 0. The maximum atomic E-state index is 15.1. The largest absolute Gasteiger partial charge is 0.382 e. The minimum atomic E-state index is -1.42. The van der Waals surface area contributed by atoms with Gasteiger partial charge >= 0.3 is 0 Å². The van der Waals surface area contributed by atoms with Crippen molar-refractivity contribution in [2.45, 2.75) is 44.8 Å². The third kappa shape index (κ3) is 6.19. The molecule has 1 aromatic heterocycles. The van der Waals surface area contributed by atoms with Crippen LogP contribution in [0.15, 0.2) is 79.4 Å². The quantitative estimate of drug-likeness (QED) is 0.317. The molecule has 0 aliphatic carbocycles. The van der Waals surface area contributed by atoms with E-state index in [1.807, 2.05) is 25.1 Å². The number of β-amino-alcohol motifs (C(OH)–C–C–N with tert-alkyl or cyclic N) is 1. The molecule has 41 heavy (non-hydrogen) atoms. The van der Waals surface area contributed by atoms with Gasteiger partial charge in [0, 0.05) is 37.4 Å². The van der Waals surface area contributed by atoms with Crippen LogP contribution in [-0.4, -0.2) is 57.5 Å². The molecule has 1 unspecified atom stereocenters. The zero-order chi connectivity index (χ0) is 28.5. The molecule has 2 fully saturated rings. The molecule has 3 heterocycles. The molecule has 0 bridgehead atoms. The van der Waals surface area contributed by atoms with Gasteiger partial charge in [0.1, 0.15) is 29.9 Å². The topological polar surface area (TPSA) is 57.4 Å². The van der Waals surface area contributed by atoms with E-state index in [0.29, 0.717) is 12.1 Å². The van der Waals surface area contributed by atoms with Gasteiger partial charge in [0.15, 0.2) is 0 Å². The van der Waals surface area contributed by atoms with Crippen LogP contribution in [-0.2, 0) is 18.6 Å². The van der Waals surface area contributed by atoms with Crippen molar-refractivity contribution in [2.24, 2.45) is 5.41 Å². The van der Waals surface area contributed by atoms with Gasteiger partial charge in [-0.05, 0) is 91.6 Å². The van der Waals surface area contributed by atoms with Crippen molar-refractivity contribution in [3.63, 3.8) is 0 Å². The Bertz CT molecular complexity index is 1450.